The van der Waals surface area contributed by atoms with E-state index >= 15 is 0 Å². The summed E-state index contributed by atoms with van der Waals surface area (Å²) in [6, 6.07) is 13.0. The van der Waals surface area contributed by atoms with Gasteiger partial charge < -0.3 is 14.4 Å². The molecule has 2 heterocycles. The molecule has 2 aromatic rings. The summed E-state index contributed by atoms with van der Waals surface area (Å²) < 4.78 is 5.25. The van der Waals surface area contributed by atoms with Crippen LogP contribution in [0.4, 0.5) is 0 Å². The maximum atomic E-state index is 12.3. The molecule has 0 unspecified atom stereocenters. The number of carboxylic acids is 1. The Morgan fingerprint density at radius 2 is 1.79 bits per heavy atom. The molecule has 0 saturated carbocycles. The van der Waals surface area contributed by atoms with Gasteiger partial charge in [-0.05, 0) is 30.5 Å². The lowest BCUT2D eigenvalue weighted by Crippen LogP contribution is -2.49. The van der Waals surface area contributed by atoms with Gasteiger partial charge in [0.25, 0.3) is 0 Å². The van der Waals surface area contributed by atoms with E-state index in [0.717, 1.165) is 11.3 Å². The van der Waals surface area contributed by atoms with E-state index in [9.17, 15) is 14.7 Å². The third kappa shape index (κ3) is 3.20. The molecule has 1 aliphatic heterocycles. The van der Waals surface area contributed by atoms with E-state index in [4.69, 9.17) is 4.42 Å². The van der Waals surface area contributed by atoms with Crippen LogP contribution in [0, 0.1) is 0 Å². The average Bonchev–Trinajstić information content (AvgIpc) is 3.14. The highest BCUT2D eigenvalue weighted by molar-refractivity contribution is 5.82. The number of carbonyl (C=O) groups is 2. The molecule has 1 N–H and O–H groups in total. The van der Waals surface area contributed by atoms with Crippen LogP contribution < -0.4 is 0 Å². The van der Waals surface area contributed by atoms with Crippen molar-refractivity contribution in [3.05, 3.63) is 60.1 Å². The Labute approximate surface area is 140 Å². The molecular weight excluding hydrogens is 306 g/mol. The summed E-state index contributed by atoms with van der Waals surface area (Å²) in [5.74, 6) is 0.0411. The molecule has 0 bridgehead atoms. The van der Waals surface area contributed by atoms with Gasteiger partial charge in [-0.1, -0.05) is 30.3 Å². The van der Waals surface area contributed by atoms with Gasteiger partial charge in [-0.2, -0.15) is 0 Å². The molecule has 0 aliphatic carbocycles. The Morgan fingerprint density at radius 3 is 2.38 bits per heavy atom. The third-order valence-electron chi connectivity index (χ3n) is 4.87. The Balaban J connectivity index is 1.63. The Bertz CT molecular complexity index is 685. The summed E-state index contributed by atoms with van der Waals surface area (Å²) in [6.07, 6.45) is 3.45. The summed E-state index contributed by atoms with van der Waals surface area (Å²) in [4.78, 5) is 26.0. The topological polar surface area (TPSA) is 70.8 Å². The highest BCUT2D eigenvalue weighted by atomic mass is 16.4. The number of aliphatic carboxylic acids is 1. The number of piperidine rings is 1. The minimum absolute atomic E-state index is 0.0541. The van der Waals surface area contributed by atoms with Crippen molar-refractivity contribution >= 4 is 11.9 Å². The van der Waals surface area contributed by atoms with Crippen LogP contribution in [0.1, 0.15) is 30.6 Å². The largest absolute Gasteiger partial charge is 0.481 e. The predicted molar refractivity (Wildman–Crippen MR) is 88.6 cm³/mol. The molecule has 126 valence electrons. The lowest BCUT2D eigenvalue weighted by molar-refractivity contribution is -0.148. The van der Waals surface area contributed by atoms with Gasteiger partial charge in [0, 0.05) is 25.9 Å². The van der Waals surface area contributed by atoms with E-state index in [0.29, 0.717) is 38.8 Å². The molecule has 1 saturated heterocycles. The quantitative estimate of drug-likeness (QED) is 0.917. The third-order valence-corrected chi connectivity index (χ3v) is 4.87. The van der Waals surface area contributed by atoms with E-state index in [1.165, 1.54) is 0 Å². The van der Waals surface area contributed by atoms with Crippen LogP contribution in [-0.2, 0) is 21.4 Å². The minimum atomic E-state index is -0.890. The van der Waals surface area contributed by atoms with E-state index < -0.39 is 11.4 Å². The summed E-state index contributed by atoms with van der Waals surface area (Å²) >= 11 is 0. The van der Waals surface area contributed by atoms with Crippen molar-refractivity contribution in [1.29, 1.82) is 0 Å². The number of amides is 1. The molecule has 1 amide bonds. The number of nitrogens with zero attached hydrogens (tertiary/aromatic N) is 1. The van der Waals surface area contributed by atoms with Crippen LogP contribution in [0.25, 0.3) is 0 Å². The van der Waals surface area contributed by atoms with Crippen LogP contribution >= 0.6 is 0 Å². The van der Waals surface area contributed by atoms with Crippen LogP contribution in [0.5, 0.6) is 0 Å². The van der Waals surface area contributed by atoms with Gasteiger partial charge in [-0.25, -0.2) is 0 Å². The number of benzene rings is 1. The van der Waals surface area contributed by atoms with Gasteiger partial charge in [0.15, 0.2) is 0 Å². The van der Waals surface area contributed by atoms with Gasteiger partial charge in [-0.15, -0.1) is 0 Å². The molecule has 5 nitrogen and oxygen atoms in total. The molecule has 1 fully saturated rings. The number of carbonyl (C=O) groups excluding carboxylic acids is 1. The predicted octanol–water partition coefficient (Wildman–Crippen LogP) is 2.86. The average molecular weight is 327 g/mol. The van der Waals surface area contributed by atoms with Crippen molar-refractivity contribution < 1.29 is 19.1 Å². The maximum Gasteiger partial charge on any atom is 0.314 e. The van der Waals surface area contributed by atoms with Crippen LogP contribution in [-0.4, -0.2) is 35.0 Å². The molecule has 5 heteroatoms. The van der Waals surface area contributed by atoms with Crippen molar-refractivity contribution in [2.24, 2.45) is 0 Å². The Kier molecular flexibility index (Phi) is 4.69. The zero-order valence-corrected chi connectivity index (χ0v) is 13.5. The van der Waals surface area contributed by atoms with E-state index in [-0.39, 0.29) is 5.91 Å². The molecule has 3 rings (SSSR count). The van der Waals surface area contributed by atoms with Gasteiger partial charge in [0.1, 0.15) is 5.76 Å². The zero-order valence-electron chi connectivity index (χ0n) is 13.5. The van der Waals surface area contributed by atoms with Crippen molar-refractivity contribution in [3.63, 3.8) is 0 Å². The lowest BCUT2D eigenvalue weighted by Gasteiger charge is -2.39. The van der Waals surface area contributed by atoms with Gasteiger partial charge in [0.05, 0.1) is 11.7 Å². The fourth-order valence-electron chi connectivity index (χ4n) is 3.36. The lowest BCUT2D eigenvalue weighted by atomic mass is 9.73. The number of likely N-dealkylation sites (tertiary alicyclic amines) is 1. The number of carboxylic acid groups (broad SMARTS) is 1. The second-order valence-corrected chi connectivity index (χ2v) is 6.21. The highest BCUT2D eigenvalue weighted by Gasteiger charge is 2.43. The second kappa shape index (κ2) is 6.91. The SMILES string of the molecule is O=C(CCc1ccco1)N1CCC(C(=O)O)(c2ccccc2)CC1. The normalized spacial score (nSPS) is 16.8. The summed E-state index contributed by atoms with van der Waals surface area (Å²) in [5.41, 5.74) is -0.0702. The van der Waals surface area contributed by atoms with Crippen molar-refractivity contribution in [3.8, 4) is 0 Å². The fraction of sp³-hybridized carbons (Fsp3) is 0.368. The first-order chi connectivity index (χ1) is 11.6. The Morgan fingerprint density at radius 1 is 1.08 bits per heavy atom. The van der Waals surface area contributed by atoms with Crippen LogP contribution in [0.3, 0.4) is 0 Å². The van der Waals surface area contributed by atoms with E-state index in [2.05, 4.69) is 0 Å². The number of hydrogen-bond donors (Lipinski definition) is 1. The van der Waals surface area contributed by atoms with Gasteiger partial charge in [-0.3, -0.25) is 9.59 Å². The van der Waals surface area contributed by atoms with E-state index in [1.807, 2.05) is 42.5 Å². The molecule has 0 radical (unpaired) electrons. The summed E-state index contributed by atoms with van der Waals surface area (Å²) in [6.45, 7) is 0.941. The maximum absolute atomic E-state index is 12.3. The van der Waals surface area contributed by atoms with Crippen LogP contribution in [0.15, 0.2) is 53.1 Å². The smallest absolute Gasteiger partial charge is 0.314 e. The molecule has 0 atom stereocenters. The number of hydrogen-bond acceptors (Lipinski definition) is 3. The molecular formula is C19H21NO4. The first kappa shape index (κ1) is 16.3. The van der Waals surface area contributed by atoms with Crippen molar-refractivity contribution in [2.45, 2.75) is 31.1 Å². The van der Waals surface area contributed by atoms with Gasteiger partial charge >= 0.3 is 5.97 Å². The summed E-state index contributed by atoms with van der Waals surface area (Å²) in [7, 11) is 0. The minimum Gasteiger partial charge on any atom is -0.481 e. The number of rotatable bonds is 5. The van der Waals surface area contributed by atoms with Crippen LogP contribution in [0.2, 0.25) is 0 Å². The van der Waals surface area contributed by atoms with E-state index in [1.54, 1.807) is 11.2 Å². The molecule has 0 spiro atoms. The first-order valence-corrected chi connectivity index (χ1v) is 8.21. The summed E-state index contributed by atoms with van der Waals surface area (Å²) in [5, 5.41) is 9.78. The van der Waals surface area contributed by atoms with Gasteiger partial charge in [0.2, 0.25) is 5.91 Å². The van der Waals surface area contributed by atoms with Crippen molar-refractivity contribution in [1.82, 2.24) is 4.90 Å². The second-order valence-electron chi connectivity index (χ2n) is 6.21. The molecule has 24 heavy (non-hydrogen) atoms. The van der Waals surface area contributed by atoms with Crippen molar-refractivity contribution in [2.75, 3.05) is 13.1 Å². The number of aryl methyl sites for hydroxylation is 1. The fourth-order valence-corrected chi connectivity index (χ4v) is 3.36. The number of furan rings is 1. The monoisotopic (exact) mass is 327 g/mol. The highest BCUT2D eigenvalue weighted by Crippen LogP contribution is 2.36. The Hall–Kier alpha value is -2.56. The molecule has 1 aliphatic rings. The standard InChI is InChI=1S/C19H21NO4/c21-17(9-8-16-7-4-14-24-16)20-12-10-19(11-13-20,18(22)23)15-5-2-1-3-6-15/h1-7,14H,8-13H2,(H,22,23). The molecule has 1 aromatic carbocycles. The first-order valence-electron chi connectivity index (χ1n) is 8.21. The zero-order chi connectivity index (χ0) is 17.0. The molecule has 1 aromatic heterocycles.